The van der Waals surface area contributed by atoms with Crippen molar-refractivity contribution in [2.75, 3.05) is 0 Å². The molecule has 0 atom stereocenters. The fourth-order valence-electron chi connectivity index (χ4n) is 2.70. The van der Waals surface area contributed by atoms with Crippen molar-refractivity contribution in [2.24, 2.45) is 0 Å². The molecule has 0 N–H and O–H groups in total. The van der Waals surface area contributed by atoms with Gasteiger partial charge in [0.2, 0.25) is 0 Å². The van der Waals surface area contributed by atoms with Gasteiger partial charge >= 0.3 is 0 Å². The molecule has 0 aliphatic carbocycles. The molecule has 2 aromatic carbocycles. The summed E-state index contributed by atoms with van der Waals surface area (Å²) in [5.74, 6) is -1.65. The minimum absolute atomic E-state index is 0.204. The SMILES string of the molecule is CCc1ccc(-c2ccn(Cc3cccc(F)c3F)n2)cc1C. The van der Waals surface area contributed by atoms with Gasteiger partial charge in [-0.25, -0.2) is 8.78 Å². The summed E-state index contributed by atoms with van der Waals surface area (Å²) in [7, 11) is 0. The Kier molecular flexibility index (Phi) is 4.24. The molecule has 3 aromatic rings. The van der Waals surface area contributed by atoms with Crippen LogP contribution in [-0.2, 0) is 13.0 Å². The first-order chi connectivity index (χ1) is 11.1. The minimum Gasteiger partial charge on any atom is -0.268 e. The number of hydrogen-bond acceptors (Lipinski definition) is 1. The van der Waals surface area contributed by atoms with Crippen LogP contribution < -0.4 is 0 Å². The molecule has 0 unspecified atom stereocenters. The summed E-state index contributed by atoms with van der Waals surface area (Å²) in [6, 6.07) is 12.3. The van der Waals surface area contributed by atoms with E-state index in [9.17, 15) is 8.78 Å². The third-order valence-corrected chi connectivity index (χ3v) is 4.02. The van der Waals surface area contributed by atoms with Gasteiger partial charge in [-0.2, -0.15) is 5.10 Å². The van der Waals surface area contributed by atoms with Crippen molar-refractivity contribution in [1.82, 2.24) is 9.78 Å². The maximum Gasteiger partial charge on any atom is 0.163 e. The molecule has 118 valence electrons. The Morgan fingerprint density at radius 2 is 1.87 bits per heavy atom. The molecule has 1 heterocycles. The standard InChI is InChI=1S/C19H18F2N2/c1-3-14-7-8-15(11-13(14)2)18-9-10-23(22-18)12-16-5-4-6-17(20)19(16)21/h4-11H,3,12H2,1-2H3. The highest BCUT2D eigenvalue weighted by molar-refractivity contribution is 5.60. The number of aromatic nitrogens is 2. The predicted molar refractivity (Wildman–Crippen MR) is 87.2 cm³/mol. The van der Waals surface area contributed by atoms with Crippen molar-refractivity contribution in [3.05, 3.63) is 77.0 Å². The van der Waals surface area contributed by atoms with E-state index in [2.05, 4.69) is 31.1 Å². The first-order valence-electron chi connectivity index (χ1n) is 7.64. The van der Waals surface area contributed by atoms with Crippen LogP contribution in [0.1, 0.15) is 23.6 Å². The Morgan fingerprint density at radius 3 is 2.61 bits per heavy atom. The summed E-state index contributed by atoms with van der Waals surface area (Å²) >= 11 is 0. The van der Waals surface area contributed by atoms with Crippen molar-refractivity contribution in [3.63, 3.8) is 0 Å². The molecule has 0 fully saturated rings. The first-order valence-corrected chi connectivity index (χ1v) is 7.64. The number of hydrogen-bond donors (Lipinski definition) is 0. The third-order valence-electron chi connectivity index (χ3n) is 4.02. The molecular formula is C19H18F2N2. The Bertz CT molecular complexity index is 837. The van der Waals surface area contributed by atoms with Crippen LogP contribution in [-0.4, -0.2) is 9.78 Å². The van der Waals surface area contributed by atoms with Crippen LogP contribution in [0, 0.1) is 18.6 Å². The first kappa shape index (κ1) is 15.4. The van der Waals surface area contributed by atoms with Gasteiger partial charge in [-0.05, 0) is 42.7 Å². The van der Waals surface area contributed by atoms with E-state index in [0.29, 0.717) is 0 Å². The van der Waals surface area contributed by atoms with E-state index in [1.807, 2.05) is 12.1 Å². The fourth-order valence-corrected chi connectivity index (χ4v) is 2.70. The summed E-state index contributed by atoms with van der Waals surface area (Å²) in [6.45, 7) is 4.42. The average molecular weight is 312 g/mol. The predicted octanol–water partition coefficient (Wildman–Crippen LogP) is 4.75. The normalized spacial score (nSPS) is 11.0. The second-order valence-electron chi connectivity index (χ2n) is 5.61. The summed E-state index contributed by atoms with van der Waals surface area (Å²) in [5, 5.41) is 4.47. The van der Waals surface area contributed by atoms with Crippen LogP contribution in [0.25, 0.3) is 11.3 Å². The van der Waals surface area contributed by atoms with E-state index in [4.69, 9.17) is 0 Å². The van der Waals surface area contributed by atoms with Crippen LogP contribution in [0.3, 0.4) is 0 Å². The maximum absolute atomic E-state index is 13.7. The van der Waals surface area contributed by atoms with Crippen molar-refractivity contribution in [3.8, 4) is 11.3 Å². The van der Waals surface area contributed by atoms with E-state index in [0.717, 1.165) is 23.7 Å². The quantitative estimate of drug-likeness (QED) is 0.680. The Hall–Kier alpha value is -2.49. The van der Waals surface area contributed by atoms with Crippen LogP contribution in [0.5, 0.6) is 0 Å². The van der Waals surface area contributed by atoms with Crippen LogP contribution in [0.4, 0.5) is 8.78 Å². The van der Waals surface area contributed by atoms with Crippen molar-refractivity contribution >= 4 is 0 Å². The number of halogens is 2. The zero-order valence-corrected chi connectivity index (χ0v) is 13.2. The second kappa shape index (κ2) is 6.32. The van der Waals surface area contributed by atoms with Crippen molar-refractivity contribution in [1.29, 1.82) is 0 Å². The van der Waals surface area contributed by atoms with Gasteiger partial charge in [0.15, 0.2) is 11.6 Å². The summed E-state index contributed by atoms with van der Waals surface area (Å²) in [5.41, 5.74) is 4.69. The Labute approximate surface area is 134 Å². The molecule has 0 radical (unpaired) electrons. The molecule has 1 aromatic heterocycles. The fraction of sp³-hybridized carbons (Fsp3) is 0.211. The van der Waals surface area contributed by atoms with Gasteiger partial charge in [-0.15, -0.1) is 0 Å². The van der Waals surface area contributed by atoms with Gasteiger partial charge in [-0.1, -0.05) is 31.2 Å². The summed E-state index contributed by atoms with van der Waals surface area (Å²) < 4.78 is 28.6. The maximum atomic E-state index is 13.7. The monoisotopic (exact) mass is 312 g/mol. The number of rotatable bonds is 4. The van der Waals surface area contributed by atoms with Crippen LogP contribution >= 0.6 is 0 Å². The largest absolute Gasteiger partial charge is 0.268 e. The molecule has 0 saturated heterocycles. The van der Waals surface area contributed by atoms with E-state index < -0.39 is 11.6 Å². The lowest BCUT2D eigenvalue weighted by molar-refractivity contribution is 0.492. The van der Waals surface area contributed by atoms with Gasteiger partial charge in [0.05, 0.1) is 12.2 Å². The molecule has 0 bridgehead atoms. The van der Waals surface area contributed by atoms with Crippen LogP contribution in [0.15, 0.2) is 48.7 Å². The summed E-state index contributed by atoms with van der Waals surface area (Å²) in [4.78, 5) is 0. The molecule has 0 spiro atoms. The highest BCUT2D eigenvalue weighted by Gasteiger charge is 2.10. The third kappa shape index (κ3) is 3.16. The van der Waals surface area contributed by atoms with Crippen molar-refractivity contribution in [2.45, 2.75) is 26.8 Å². The highest BCUT2D eigenvalue weighted by Crippen LogP contribution is 2.21. The van der Waals surface area contributed by atoms with Gasteiger partial charge in [-0.3, -0.25) is 4.68 Å². The Balaban J connectivity index is 1.86. The topological polar surface area (TPSA) is 17.8 Å². The molecule has 2 nitrogen and oxygen atoms in total. The molecule has 0 saturated carbocycles. The number of benzene rings is 2. The lowest BCUT2D eigenvalue weighted by Gasteiger charge is -2.06. The second-order valence-corrected chi connectivity index (χ2v) is 5.61. The molecular weight excluding hydrogens is 294 g/mol. The average Bonchev–Trinajstić information content (AvgIpc) is 3.00. The zero-order valence-electron chi connectivity index (χ0n) is 13.2. The Morgan fingerprint density at radius 1 is 1.04 bits per heavy atom. The number of aryl methyl sites for hydroxylation is 2. The van der Waals surface area contributed by atoms with E-state index in [1.165, 1.54) is 17.2 Å². The summed E-state index contributed by atoms with van der Waals surface area (Å²) in [6.07, 6.45) is 2.78. The molecule has 0 amide bonds. The van der Waals surface area contributed by atoms with Gasteiger partial charge in [0.1, 0.15) is 0 Å². The molecule has 23 heavy (non-hydrogen) atoms. The lowest BCUT2D eigenvalue weighted by Crippen LogP contribution is -2.04. The minimum atomic E-state index is -0.833. The lowest BCUT2D eigenvalue weighted by atomic mass is 10.0. The molecule has 0 aliphatic heterocycles. The van der Waals surface area contributed by atoms with Gasteiger partial charge in [0, 0.05) is 17.3 Å². The van der Waals surface area contributed by atoms with Gasteiger partial charge in [0.25, 0.3) is 0 Å². The highest BCUT2D eigenvalue weighted by atomic mass is 19.2. The van der Waals surface area contributed by atoms with E-state index >= 15 is 0 Å². The zero-order chi connectivity index (χ0) is 16.4. The molecule has 3 rings (SSSR count). The van der Waals surface area contributed by atoms with Gasteiger partial charge < -0.3 is 0 Å². The molecule has 4 heteroatoms. The smallest absolute Gasteiger partial charge is 0.163 e. The van der Waals surface area contributed by atoms with Crippen molar-refractivity contribution < 1.29 is 8.78 Å². The molecule has 0 aliphatic rings. The number of nitrogens with zero attached hydrogens (tertiary/aromatic N) is 2. The van der Waals surface area contributed by atoms with Crippen LogP contribution in [0.2, 0.25) is 0 Å². The van der Waals surface area contributed by atoms with E-state index in [-0.39, 0.29) is 12.1 Å². The van der Waals surface area contributed by atoms with E-state index in [1.54, 1.807) is 16.9 Å².